The highest BCUT2D eigenvalue weighted by Crippen LogP contribution is 2.35. The molecule has 1 aliphatic rings. The number of hydrogen-bond donors (Lipinski definition) is 1. The van der Waals surface area contributed by atoms with Gasteiger partial charge in [-0.1, -0.05) is 18.2 Å². The van der Waals surface area contributed by atoms with Crippen LogP contribution in [0, 0.1) is 13.8 Å². The summed E-state index contributed by atoms with van der Waals surface area (Å²) >= 11 is 0. The number of aromatic nitrogens is 4. The maximum absolute atomic E-state index is 13.3. The van der Waals surface area contributed by atoms with Crippen LogP contribution in [0.25, 0.3) is 10.8 Å². The number of nitrogens with zero attached hydrogens (tertiary/aromatic N) is 5. The Hall–Kier alpha value is -3.62. The molecule has 1 atom stereocenters. The molecule has 0 spiro atoms. The Morgan fingerprint density at radius 3 is 2.74 bits per heavy atom. The molecule has 0 saturated heterocycles. The molecule has 6 nitrogen and oxygen atoms in total. The second-order valence-electron chi connectivity index (χ2n) is 8.71. The van der Waals surface area contributed by atoms with Gasteiger partial charge < -0.3 is 14.8 Å². The monoisotopic (exact) mass is 466 g/mol. The number of nitrogens with one attached hydrogen (secondary N) is 1. The molecule has 0 bridgehead atoms. The van der Waals surface area contributed by atoms with Gasteiger partial charge in [0.05, 0.1) is 23.5 Å². The van der Waals surface area contributed by atoms with Crippen LogP contribution in [0.4, 0.5) is 24.7 Å². The van der Waals surface area contributed by atoms with Crippen molar-refractivity contribution in [3.63, 3.8) is 0 Å². The number of fused-ring (bicyclic) bond motifs is 2. The SMILES string of the molecule is Cc1cn2c(n1)C(C)N(c1ccc3cnnc(NCc4cccc(C(F)(F)F)c4C)c3c1)CC2. The molecule has 1 N–H and O–H groups in total. The fraction of sp³-hybridized carbons (Fsp3) is 0.320. The van der Waals surface area contributed by atoms with Crippen molar-refractivity contribution >= 4 is 22.3 Å². The van der Waals surface area contributed by atoms with Crippen molar-refractivity contribution in [2.75, 3.05) is 16.8 Å². The molecule has 1 unspecified atom stereocenters. The summed E-state index contributed by atoms with van der Waals surface area (Å²) in [6.45, 7) is 7.55. The van der Waals surface area contributed by atoms with Crippen LogP contribution < -0.4 is 10.2 Å². The number of halogens is 3. The Morgan fingerprint density at radius 1 is 1.12 bits per heavy atom. The number of hydrogen-bond acceptors (Lipinski definition) is 5. The second-order valence-corrected chi connectivity index (χ2v) is 8.71. The first-order valence-electron chi connectivity index (χ1n) is 11.2. The van der Waals surface area contributed by atoms with Gasteiger partial charge in [-0.15, -0.1) is 5.10 Å². The number of imidazole rings is 1. The molecule has 9 heteroatoms. The highest BCUT2D eigenvalue weighted by atomic mass is 19.4. The predicted molar refractivity (Wildman–Crippen MR) is 126 cm³/mol. The minimum atomic E-state index is -4.38. The third-order valence-corrected chi connectivity index (χ3v) is 6.53. The molecule has 0 saturated carbocycles. The minimum Gasteiger partial charge on any atom is -0.364 e. The van der Waals surface area contributed by atoms with E-state index in [2.05, 4.69) is 55.2 Å². The molecule has 3 heterocycles. The predicted octanol–water partition coefficient (Wildman–Crippen LogP) is 5.66. The number of benzene rings is 2. The number of aryl methyl sites for hydroxylation is 1. The smallest absolute Gasteiger partial charge is 0.364 e. The Balaban J connectivity index is 1.44. The van der Waals surface area contributed by atoms with Gasteiger partial charge in [0.1, 0.15) is 5.82 Å². The van der Waals surface area contributed by atoms with E-state index in [9.17, 15) is 13.2 Å². The molecule has 0 aliphatic carbocycles. The third kappa shape index (κ3) is 3.95. The highest BCUT2D eigenvalue weighted by Gasteiger charge is 2.32. The van der Waals surface area contributed by atoms with E-state index < -0.39 is 11.7 Å². The van der Waals surface area contributed by atoms with Gasteiger partial charge in [-0.3, -0.25) is 0 Å². The summed E-state index contributed by atoms with van der Waals surface area (Å²) in [5.41, 5.74) is 2.21. The quantitative estimate of drug-likeness (QED) is 0.421. The largest absolute Gasteiger partial charge is 0.416 e. The molecule has 4 aromatic rings. The number of rotatable bonds is 4. The van der Waals surface area contributed by atoms with Crippen molar-refractivity contribution in [1.82, 2.24) is 19.7 Å². The van der Waals surface area contributed by atoms with Crippen molar-refractivity contribution in [2.24, 2.45) is 0 Å². The van der Waals surface area contributed by atoms with E-state index in [1.54, 1.807) is 12.3 Å². The van der Waals surface area contributed by atoms with Crippen LogP contribution in [0.2, 0.25) is 0 Å². The fourth-order valence-corrected chi connectivity index (χ4v) is 4.71. The topological polar surface area (TPSA) is 58.9 Å². The summed E-state index contributed by atoms with van der Waals surface area (Å²) in [7, 11) is 0. The van der Waals surface area contributed by atoms with Crippen molar-refractivity contribution < 1.29 is 13.2 Å². The maximum Gasteiger partial charge on any atom is 0.416 e. The van der Waals surface area contributed by atoms with E-state index in [1.165, 1.54) is 13.0 Å². The minimum absolute atomic E-state index is 0.110. The average Bonchev–Trinajstić information content (AvgIpc) is 3.19. The van der Waals surface area contributed by atoms with Crippen LogP contribution in [-0.4, -0.2) is 26.3 Å². The van der Waals surface area contributed by atoms with Crippen LogP contribution in [0.3, 0.4) is 0 Å². The van der Waals surface area contributed by atoms with Crippen LogP contribution in [0.5, 0.6) is 0 Å². The molecule has 0 amide bonds. The summed E-state index contributed by atoms with van der Waals surface area (Å²) in [4.78, 5) is 7.00. The lowest BCUT2D eigenvalue weighted by Gasteiger charge is -2.35. The number of anilines is 2. The summed E-state index contributed by atoms with van der Waals surface area (Å²) in [6.07, 6.45) is -0.612. The molecule has 2 aromatic heterocycles. The Morgan fingerprint density at radius 2 is 1.94 bits per heavy atom. The number of alkyl halides is 3. The summed E-state index contributed by atoms with van der Waals surface area (Å²) in [5, 5.41) is 13.3. The zero-order valence-corrected chi connectivity index (χ0v) is 19.2. The maximum atomic E-state index is 13.3. The normalized spacial score (nSPS) is 16.1. The Bertz CT molecular complexity index is 1360. The molecule has 0 radical (unpaired) electrons. The highest BCUT2D eigenvalue weighted by molar-refractivity contribution is 5.93. The van der Waals surface area contributed by atoms with Gasteiger partial charge in [0.15, 0.2) is 5.82 Å². The van der Waals surface area contributed by atoms with Crippen LogP contribution in [0.15, 0.2) is 48.8 Å². The van der Waals surface area contributed by atoms with Crippen molar-refractivity contribution in [2.45, 2.75) is 46.1 Å². The molecular weight excluding hydrogens is 441 g/mol. The lowest BCUT2D eigenvalue weighted by atomic mass is 10.0. The standard InChI is InChI=1S/C25H25F3N6/c1-15-14-33-9-10-34(17(3)24(33)31-15)20-8-7-19-13-30-32-23(21(19)11-20)29-12-18-5-4-6-22(16(18)2)25(26,27)28/h4-8,11,13-14,17H,9-10,12H2,1-3H3,(H,29,32). The van der Waals surface area contributed by atoms with E-state index in [1.807, 2.05) is 13.0 Å². The van der Waals surface area contributed by atoms with Gasteiger partial charge in [-0.2, -0.15) is 18.3 Å². The zero-order chi connectivity index (χ0) is 24.0. The molecule has 0 fully saturated rings. The third-order valence-electron chi connectivity index (χ3n) is 6.53. The lowest BCUT2D eigenvalue weighted by Crippen LogP contribution is -2.36. The Labute approximate surface area is 195 Å². The van der Waals surface area contributed by atoms with Gasteiger partial charge in [0.25, 0.3) is 0 Å². The van der Waals surface area contributed by atoms with E-state index in [0.717, 1.165) is 47.1 Å². The van der Waals surface area contributed by atoms with Gasteiger partial charge in [-0.25, -0.2) is 4.98 Å². The molecule has 1 aliphatic heterocycles. The van der Waals surface area contributed by atoms with Crippen molar-refractivity contribution in [3.8, 4) is 0 Å². The van der Waals surface area contributed by atoms with E-state index in [4.69, 9.17) is 0 Å². The molecule has 2 aromatic carbocycles. The zero-order valence-electron chi connectivity index (χ0n) is 19.2. The summed E-state index contributed by atoms with van der Waals surface area (Å²) in [5.74, 6) is 1.58. The van der Waals surface area contributed by atoms with Crippen LogP contribution >= 0.6 is 0 Å². The molecular formula is C25H25F3N6. The first-order chi connectivity index (χ1) is 16.2. The average molecular weight is 467 g/mol. The lowest BCUT2D eigenvalue weighted by molar-refractivity contribution is -0.138. The summed E-state index contributed by atoms with van der Waals surface area (Å²) in [6, 6.07) is 10.5. The first kappa shape index (κ1) is 22.2. The van der Waals surface area contributed by atoms with Gasteiger partial charge in [0.2, 0.25) is 0 Å². The first-order valence-corrected chi connectivity index (χ1v) is 11.2. The van der Waals surface area contributed by atoms with Gasteiger partial charge in [-0.05, 0) is 50.1 Å². The van der Waals surface area contributed by atoms with E-state index in [0.29, 0.717) is 11.4 Å². The van der Waals surface area contributed by atoms with Crippen molar-refractivity contribution in [1.29, 1.82) is 0 Å². The Kier molecular flexibility index (Phi) is 5.42. The van der Waals surface area contributed by atoms with Crippen LogP contribution in [0.1, 0.15) is 41.2 Å². The second kappa shape index (κ2) is 8.30. The van der Waals surface area contributed by atoms with Gasteiger partial charge >= 0.3 is 6.18 Å². The fourth-order valence-electron chi connectivity index (χ4n) is 4.71. The summed E-state index contributed by atoms with van der Waals surface area (Å²) < 4.78 is 42.1. The van der Waals surface area contributed by atoms with E-state index in [-0.39, 0.29) is 18.2 Å². The molecule has 176 valence electrons. The van der Waals surface area contributed by atoms with Crippen molar-refractivity contribution in [3.05, 3.63) is 77.0 Å². The molecule has 5 rings (SSSR count). The van der Waals surface area contributed by atoms with Gasteiger partial charge in [0, 0.05) is 42.3 Å². The molecule has 34 heavy (non-hydrogen) atoms. The van der Waals surface area contributed by atoms with Crippen LogP contribution in [-0.2, 0) is 19.3 Å². The van der Waals surface area contributed by atoms with E-state index >= 15 is 0 Å².